The van der Waals surface area contributed by atoms with Crippen LogP contribution in [0.1, 0.15) is 42.3 Å². The minimum atomic E-state index is -0.334. The molecular formula is C26H24FNO5. The number of aromatic nitrogens is 1. The van der Waals surface area contributed by atoms with E-state index in [4.69, 9.17) is 13.9 Å². The van der Waals surface area contributed by atoms with Crippen molar-refractivity contribution in [3.63, 3.8) is 0 Å². The highest BCUT2D eigenvalue weighted by atomic mass is 19.1. The second kappa shape index (κ2) is 9.32. The van der Waals surface area contributed by atoms with Crippen molar-refractivity contribution in [2.45, 2.75) is 26.2 Å². The van der Waals surface area contributed by atoms with Crippen molar-refractivity contribution in [2.24, 2.45) is 0 Å². The first-order valence-electron chi connectivity index (χ1n) is 10.5. The summed E-state index contributed by atoms with van der Waals surface area (Å²) in [4.78, 5) is 16.4. The van der Waals surface area contributed by atoms with Gasteiger partial charge in [-0.15, -0.1) is 0 Å². The fraction of sp³-hybridized carbons (Fsp3) is 0.231. The van der Waals surface area contributed by atoms with Gasteiger partial charge in [-0.2, -0.15) is 0 Å². The fourth-order valence-corrected chi connectivity index (χ4v) is 4.10. The third-order valence-corrected chi connectivity index (χ3v) is 5.75. The number of fused-ring (bicyclic) bond motifs is 1. The van der Waals surface area contributed by atoms with Crippen LogP contribution in [0.5, 0.6) is 17.2 Å². The number of oxazole rings is 1. The van der Waals surface area contributed by atoms with E-state index in [9.17, 15) is 14.3 Å². The van der Waals surface area contributed by atoms with Gasteiger partial charge in [0.15, 0.2) is 11.5 Å². The number of hydrogen-bond acceptors (Lipinski definition) is 6. The maximum atomic E-state index is 14.1. The lowest BCUT2D eigenvalue weighted by Crippen LogP contribution is -2.03. The molecule has 1 aromatic heterocycles. The van der Waals surface area contributed by atoms with Gasteiger partial charge in [0.05, 0.1) is 26.8 Å². The minimum Gasteiger partial charge on any atom is -0.502 e. The molecule has 0 amide bonds. The molecule has 1 heterocycles. The summed E-state index contributed by atoms with van der Waals surface area (Å²) >= 11 is 0. The monoisotopic (exact) mass is 449 g/mol. The second-order valence-electron chi connectivity index (χ2n) is 7.77. The Balaban J connectivity index is 1.69. The zero-order chi connectivity index (χ0) is 23.5. The number of Topliss-reactive ketones (excluding diaryl/α,β-unsaturated/α-hetero) is 1. The van der Waals surface area contributed by atoms with Crippen LogP contribution in [0.3, 0.4) is 0 Å². The Hall–Kier alpha value is -3.87. The SMILES string of the molecule is COc1cc(/C=C2/C(C)=C(CCC(=O)Cc3ncco3)c3cc(F)ccc32)cc(OC)c1O. The van der Waals surface area contributed by atoms with Crippen LogP contribution >= 0.6 is 0 Å². The van der Waals surface area contributed by atoms with E-state index in [2.05, 4.69) is 4.98 Å². The average Bonchev–Trinajstić information content (AvgIpc) is 3.39. The molecular weight excluding hydrogens is 425 g/mol. The number of nitrogens with zero attached hydrogens (tertiary/aromatic N) is 1. The maximum absolute atomic E-state index is 14.1. The Bertz CT molecular complexity index is 1230. The number of rotatable bonds is 8. The first-order chi connectivity index (χ1) is 15.9. The van der Waals surface area contributed by atoms with Crippen LogP contribution in [-0.2, 0) is 11.2 Å². The van der Waals surface area contributed by atoms with E-state index in [0.29, 0.717) is 18.7 Å². The summed E-state index contributed by atoms with van der Waals surface area (Å²) in [6, 6.07) is 8.09. The molecule has 33 heavy (non-hydrogen) atoms. The van der Waals surface area contributed by atoms with Gasteiger partial charge in [0.25, 0.3) is 0 Å². The minimum absolute atomic E-state index is 0.00106. The Kier molecular flexibility index (Phi) is 6.31. The number of ketones is 1. The number of hydrogen-bond donors (Lipinski definition) is 1. The first-order valence-corrected chi connectivity index (χ1v) is 10.5. The molecule has 0 spiro atoms. The summed E-state index contributed by atoms with van der Waals surface area (Å²) in [7, 11) is 2.94. The number of phenols is 1. The van der Waals surface area contributed by atoms with E-state index in [-0.39, 0.29) is 35.3 Å². The third kappa shape index (κ3) is 4.53. The predicted octanol–water partition coefficient (Wildman–Crippen LogP) is 5.46. The number of carbonyl (C=O) groups excluding carboxylic acids is 1. The van der Waals surface area contributed by atoms with Crippen LogP contribution in [0.25, 0.3) is 17.2 Å². The Morgan fingerprint density at radius 3 is 2.52 bits per heavy atom. The van der Waals surface area contributed by atoms with E-state index in [0.717, 1.165) is 33.4 Å². The summed E-state index contributed by atoms with van der Waals surface area (Å²) in [5.41, 5.74) is 5.22. The van der Waals surface area contributed by atoms with Gasteiger partial charge in [0.2, 0.25) is 11.6 Å². The lowest BCUT2D eigenvalue weighted by molar-refractivity contribution is -0.118. The van der Waals surface area contributed by atoms with Crippen molar-refractivity contribution in [3.05, 3.63) is 76.8 Å². The number of carbonyl (C=O) groups is 1. The third-order valence-electron chi connectivity index (χ3n) is 5.75. The highest BCUT2D eigenvalue weighted by Crippen LogP contribution is 2.45. The molecule has 1 aliphatic rings. The molecule has 7 heteroatoms. The van der Waals surface area contributed by atoms with Gasteiger partial charge in [-0.05, 0) is 77.1 Å². The van der Waals surface area contributed by atoms with Gasteiger partial charge in [-0.1, -0.05) is 6.07 Å². The lowest BCUT2D eigenvalue weighted by atomic mass is 9.99. The molecule has 1 aliphatic carbocycles. The molecule has 0 aliphatic heterocycles. The van der Waals surface area contributed by atoms with Crippen molar-refractivity contribution in [1.29, 1.82) is 0 Å². The van der Waals surface area contributed by atoms with Crippen molar-refractivity contribution in [1.82, 2.24) is 4.98 Å². The summed E-state index contributed by atoms with van der Waals surface area (Å²) in [5.74, 6) is 0.559. The number of methoxy groups -OCH3 is 2. The number of allylic oxidation sites excluding steroid dienone is 3. The molecule has 1 N–H and O–H groups in total. The van der Waals surface area contributed by atoms with Crippen LogP contribution in [0.2, 0.25) is 0 Å². The standard InChI is InChI=1S/C26H24FNO5/c1-15-19(7-5-18(29)14-25-28-8-9-33-25)22-13-17(27)4-6-20(22)21(15)10-16-11-23(31-2)26(30)24(12-16)32-3/h4,6,8-13,30H,5,7,14H2,1-3H3/b21-10-. The normalized spacial score (nSPS) is 14.0. The molecule has 2 aromatic carbocycles. The number of aromatic hydroxyl groups is 1. The quantitative estimate of drug-likeness (QED) is 0.492. The lowest BCUT2D eigenvalue weighted by Gasteiger charge is -2.11. The summed E-state index contributed by atoms with van der Waals surface area (Å²) in [6.45, 7) is 1.96. The maximum Gasteiger partial charge on any atom is 0.201 e. The number of phenolic OH excluding ortho intramolecular Hbond substituents is 1. The summed E-state index contributed by atoms with van der Waals surface area (Å²) < 4.78 is 29.8. The second-order valence-corrected chi connectivity index (χ2v) is 7.77. The molecule has 0 bridgehead atoms. The molecule has 0 unspecified atom stereocenters. The first kappa shape index (κ1) is 22.3. The Morgan fingerprint density at radius 2 is 1.88 bits per heavy atom. The number of benzene rings is 2. The van der Waals surface area contributed by atoms with E-state index in [1.165, 1.54) is 38.8 Å². The van der Waals surface area contributed by atoms with Crippen molar-refractivity contribution in [2.75, 3.05) is 14.2 Å². The molecule has 0 saturated carbocycles. The zero-order valence-corrected chi connectivity index (χ0v) is 18.6. The summed E-state index contributed by atoms with van der Waals surface area (Å²) in [5, 5.41) is 10.2. The van der Waals surface area contributed by atoms with Gasteiger partial charge < -0.3 is 19.0 Å². The molecule has 0 atom stereocenters. The molecule has 0 saturated heterocycles. The predicted molar refractivity (Wildman–Crippen MR) is 123 cm³/mol. The van der Waals surface area contributed by atoms with Gasteiger partial charge in [-0.3, -0.25) is 4.79 Å². The Morgan fingerprint density at radius 1 is 1.15 bits per heavy atom. The Labute approximate surface area is 191 Å². The number of halogens is 1. The molecule has 0 fully saturated rings. The highest BCUT2D eigenvalue weighted by Gasteiger charge is 2.25. The summed E-state index contributed by atoms with van der Waals surface area (Å²) in [6.07, 6.45) is 5.79. The molecule has 6 nitrogen and oxygen atoms in total. The van der Waals surface area contributed by atoms with E-state index in [1.807, 2.05) is 13.0 Å². The smallest absolute Gasteiger partial charge is 0.201 e. The fourth-order valence-electron chi connectivity index (χ4n) is 4.10. The molecule has 0 radical (unpaired) electrons. The van der Waals surface area contributed by atoms with Crippen LogP contribution in [0.4, 0.5) is 4.39 Å². The average molecular weight is 449 g/mol. The largest absolute Gasteiger partial charge is 0.502 e. The molecule has 3 aromatic rings. The topological polar surface area (TPSA) is 81.8 Å². The van der Waals surface area contributed by atoms with Crippen molar-refractivity contribution < 1.29 is 28.2 Å². The van der Waals surface area contributed by atoms with Gasteiger partial charge in [-0.25, -0.2) is 9.37 Å². The van der Waals surface area contributed by atoms with Crippen LogP contribution in [0, 0.1) is 5.82 Å². The molecule has 170 valence electrons. The van der Waals surface area contributed by atoms with E-state index >= 15 is 0 Å². The number of ether oxygens (including phenoxy) is 2. The zero-order valence-electron chi connectivity index (χ0n) is 18.6. The molecule has 4 rings (SSSR count). The van der Waals surface area contributed by atoms with E-state index in [1.54, 1.807) is 18.2 Å². The highest BCUT2D eigenvalue weighted by molar-refractivity contribution is 6.05. The van der Waals surface area contributed by atoms with Crippen LogP contribution in [-0.4, -0.2) is 30.1 Å². The van der Waals surface area contributed by atoms with E-state index < -0.39 is 0 Å². The van der Waals surface area contributed by atoms with Crippen molar-refractivity contribution in [3.8, 4) is 17.2 Å². The van der Waals surface area contributed by atoms with Crippen molar-refractivity contribution >= 4 is 23.0 Å². The van der Waals surface area contributed by atoms with Gasteiger partial charge >= 0.3 is 0 Å². The van der Waals surface area contributed by atoms with Gasteiger partial charge in [0, 0.05) is 6.42 Å². The van der Waals surface area contributed by atoms with Crippen LogP contribution in [0.15, 0.2) is 52.8 Å². The van der Waals surface area contributed by atoms with Gasteiger partial charge in [0.1, 0.15) is 17.9 Å². The van der Waals surface area contributed by atoms with Crippen LogP contribution < -0.4 is 9.47 Å².